The van der Waals surface area contributed by atoms with Crippen LogP contribution in [-0.2, 0) is 6.42 Å². The van der Waals surface area contributed by atoms with Crippen molar-refractivity contribution in [1.82, 2.24) is 10.3 Å². The third kappa shape index (κ3) is 3.49. The summed E-state index contributed by atoms with van der Waals surface area (Å²) < 4.78 is 2.15. The van der Waals surface area contributed by atoms with E-state index in [-0.39, 0.29) is 5.91 Å². The van der Waals surface area contributed by atoms with E-state index < -0.39 is 0 Å². The number of nitrogens with zero attached hydrogens (tertiary/aromatic N) is 1. The highest BCUT2D eigenvalue weighted by molar-refractivity contribution is 9.10. The van der Waals surface area contributed by atoms with Crippen LogP contribution in [0.15, 0.2) is 53.0 Å². The number of fused-ring (bicyclic) bond motifs is 1. The molecule has 2 aromatic carbocycles. The van der Waals surface area contributed by atoms with Gasteiger partial charge in [-0.05, 0) is 36.4 Å². The van der Waals surface area contributed by atoms with Gasteiger partial charge in [-0.25, -0.2) is 4.98 Å². The first-order chi connectivity index (χ1) is 10.2. The lowest BCUT2D eigenvalue weighted by molar-refractivity contribution is 0.0954. The van der Waals surface area contributed by atoms with Crippen molar-refractivity contribution in [2.45, 2.75) is 6.42 Å². The molecular weight excluding hydrogens is 348 g/mol. The van der Waals surface area contributed by atoms with Gasteiger partial charge >= 0.3 is 0 Å². The molecule has 3 aromatic rings. The van der Waals surface area contributed by atoms with Crippen molar-refractivity contribution in [3.63, 3.8) is 0 Å². The Morgan fingerprint density at radius 3 is 2.67 bits per heavy atom. The van der Waals surface area contributed by atoms with Gasteiger partial charge in [-0.15, -0.1) is 11.3 Å². The Kier molecular flexibility index (Phi) is 4.31. The molecule has 1 aromatic heterocycles. The number of thiazole rings is 1. The maximum atomic E-state index is 12.0. The van der Waals surface area contributed by atoms with E-state index in [0.29, 0.717) is 12.1 Å². The third-order valence-corrected chi connectivity index (χ3v) is 4.69. The van der Waals surface area contributed by atoms with E-state index >= 15 is 0 Å². The molecule has 3 nitrogen and oxygen atoms in total. The highest BCUT2D eigenvalue weighted by Crippen LogP contribution is 2.21. The lowest BCUT2D eigenvalue weighted by Crippen LogP contribution is -2.25. The molecule has 0 aliphatic heterocycles. The Hall–Kier alpha value is -1.72. The Morgan fingerprint density at radius 1 is 1.14 bits per heavy atom. The SMILES string of the molecule is O=C(NCCc1nc2ccccc2s1)c1ccc(Br)cc1. The van der Waals surface area contributed by atoms with Crippen LogP contribution >= 0.6 is 27.3 Å². The molecule has 0 atom stereocenters. The monoisotopic (exact) mass is 360 g/mol. The molecule has 106 valence electrons. The summed E-state index contributed by atoms with van der Waals surface area (Å²) in [5.41, 5.74) is 1.69. The number of carbonyl (C=O) groups excluding carboxylic acids is 1. The van der Waals surface area contributed by atoms with Crippen LogP contribution < -0.4 is 5.32 Å². The van der Waals surface area contributed by atoms with Crippen molar-refractivity contribution in [2.75, 3.05) is 6.54 Å². The van der Waals surface area contributed by atoms with E-state index in [1.807, 2.05) is 30.3 Å². The maximum absolute atomic E-state index is 12.0. The van der Waals surface area contributed by atoms with Gasteiger partial charge in [-0.3, -0.25) is 4.79 Å². The summed E-state index contributed by atoms with van der Waals surface area (Å²) in [4.78, 5) is 16.5. The molecule has 0 aliphatic carbocycles. The number of hydrogen-bond acceptors (Lipinski definition) is 3. The van der Waals surface area contributed by atoms with E-state index in [0.717, 1.165) is 21.4 Å². The first kappa shape index (κ1) is 14.2. The molecule has 0 fully saturated rings. The van der Waals surface area contributed by atoms with E-state index in [1.54, 1.807) is 23.5 Å². The van der Waals surface area contributed by atoms with Crippen molar-refractivity contribution in [1.29, 1.82) is 0 Å². The minimum Gasteiger partial charge on any atom is -0.352 e. The summed E-state index contributed by atoms with van der Waals surface area (Å²) >= 11 is 5.03. The van der Waals surface area contributed by atoms with Crippen LogP contribution in [0.3, 0.4) is 0 Å². The van der Waals surface area contributed by atoms with Crippen molar-refractivity contribution in [3.8, 4) is 0 Å². The van der Waals surface area contributed by atoms with Gasteiger partial charge in [0.1, 0.15) is 0 Å². The smallest absolute Gasteiger partial charge is 0.251 e. The lowest BCUT2D eigenvalue weighted by atomic mass is 10.2. The Morgan fingerprint density at radius 2 is 1.90 bits per heavy atom. The van der Waals surface area contributed by atoms with Gasteiger partial charge in [0, 0.05) is 23.0 Å². The standard InChI is InChI=1S/C16H13BrN2OS/c17-12-7-5-11(6-8-12)16(20)18-10-9-15-19-13-3-1-2-4-14(13)21-15/h1-8H,9-10H2,(H,18,20). The maximum Gasteiger partial charge on any atom is 0.251 e. The predicted octanol–water partition coefficient (Wildman–Crippen LogP) is 4.03. The van der Waals surface area contributed by atoms with Crippen LogP contribution in [0.1, 0.15) is 15.4 Å². The van der Waals surface area contributed by atoms with E-state index in [9.17, 15) is 4.79 Å². The number of aromatic nitrogens is 1. The molecule has 0 saturated heterocycles. The quantitative estimate of drug-likeness (QED) is 0.762. The van der Waals surface area contributed by atoms with E-state index in [2.05, 4.69) is 32.3 Å². The number of hydrogen-bond donors (Lipinski definition) is 1. The fourth-order valence-corrected chi connectivity index (χ4v) is 3.24. The number of para-hydroxylation sites is 1. The van der Waals surface area contributed by atoms with Crippen LogP contribution in [0.25, 0.3) is 10.2 Å². The molecule has 0 unspecified atom stereocenters. The Balaban J connectivity index is 1.58. The zero-order valence-electron chi connectivity index (χ0n) is 11.2. The molecule has 0 spiro atoms. The van der Waals surface area contributed by atoms with Crippen LogP contribution in [-0.4, -0.2) is 17.4 Å². The zero-order chi connectivity index (χ0) is 14.7. The zero-order valence-corrected chi connectivity index (χ0v) is 13.6. The average Bonchev–Trinajstić information content (AvgIpc) is 2.90. The molecule has 1 N–H and O–H groups in total. The van der Waals surface area contributed by atoms with Crippen molar-refractivity contribution >= 4 is 43.4 Å². The summed E-state index contributed by atoms with van der Waals surface area (Å²) in [7, 11) is 0. The van der Waals surface area contributed by atoms with Gasteiger partial charge in [0.05, 0.1) is 15.2 Å². The van der Waals surface area contributed by atoms with Crippen LogP contribution in [0.5, 0.6) is 0 Å². The number of carbonyl (C=O) groups is 1. The second-order valence-electron chi connectivity index (χ2n) is 4.59. The average molecular weight is 361 g/mol. The molecule has 0 bridgehead atoms. The van der Waals surface area contributed by atoms with E-state index in [4.69, 9.17) is 0 Å². The number of halogens is 1. The van der Waals surface area contributed by atoms with Crippen molar-refractivity contribution in [2.24, 2.45) is 0 Å². The molecule has 0 radical (unpaired) electrons. The highest BCUT2D eigenvalue weighted by atomic mass is 79.9. The molecule has 3 rings (SSSR count). The van der Waals surface area contributed by atoms with Gasteiger partial charge in [0.15, 0.2) is 0 Å². The van der Waals surface area contributed by atoms with Gasteiger partial charge in [0.25, 0.3) is 5.91 Å². The largest absolute Gasteiger partial charge is 0.352 e. The van der Waals surface area contributed by atoms with Crippen LogP contribution in [0, 0.1) is 0 Å². The Bertz CT molecular complexity index is 734. The normalized spacial score (nSPS) is 10.7. The fourth-order valence-electron chi connectivity index (χ4n) is 2.01. The van der Waals surface area contributed by atoms with Gasteiger partial charge < -0.3 is 5.32 Å². The summed E-state index contributed by atoms with van der Waals surface area (Å²) in [5.74, 6) is -0.0522. The number of benzene rings is 2. The van der Waals surface area contributed by atoms with E-state index in [1.165, 1.54) is 4.70 Å². The summed E-state index contributed by atoms with van der Waals surface area (Å²) in [5, 5.41) is 3.97. The Labute approximate surface area is 135 Å². The summed E-state index contributed by atoms with van der Waals surface area (Å²) in [6.07, 6.45) is 0.752. The van der Waals surface area contributed by atoms with Gasteiger partial charge in [-0.1, -0.05) is 28.1 Å². The number of nitrogens with one attached hydrogen (secondary N) is 1. The molecule has 5 heteroatoms. The van der Waals surface area contributed by atoms with Crippen molar-refractivity contribution in [3.05, 3.63) is 63.6 Å². The third-order valence-electron chi connectivity index (χ3n) is 3.07. The topological polar surface area (TPSA) is 42.0 Å². The van der Waals surface area contributed by atoms with Gasteiger partial charge in [-0.2, -0.15) is 0 Å². The minimum atomic E-state index is -0.0522. The number of amides is 1. The molecule has 0 aliphatic rings. The van der Waals surface area contributed by atoms with Crippen LogP contribution in [0.2, 0.25) is 0 Å². The minimum absolute atomic E-state index is 0.0522. The molecule has 21 heavy (non-hydrogen) atoms. The van der Waals surface area contributed by atoms with Crippen LogP contribution in [0.4, 0.5) is 0 Å². The first-order valence-corrected chi connectivity index (χ1v) is 8.21. The number of rotatable bonds is 4. The van der Waals surface area contributed by atoms with Crippen molar-refractivity contribution < 1.29 is 4.79 Å². The predicted molar refractivity (Wildman–Crippen MR) is 89.8 cm³/mol. The molecular formula is C16H13BrN2OS. The van der Waals surface area contributed by atoms with Gasteiger partial charge in [0.2, 0.25) is 0 Å². The highest BCUT2D eigenvalue weighted by Gasteiger charge is 2.06. The second kappa shape index (κ2) is 6.37. The molecule has 1 heterocycles. The molecule has 1 amide bonds. The first-order valence-electron chi connectivity index (χ1n) is 6.60. The summed E-state index contributed by atoms with van der Waals surface area (Å²) in [6, 6.07) is 15.4. The summed E-state index contributed by atoms with van der Waals surface area (Å²) in [6.45, 7) is 0.592. The lowest BCUT2D eigenvalue weighted by Gasteiger charge is -2.03. The molecule has 0 saturated carbocycles. The second-order valence-corrected chi connectivity index (χ2v) is 6.62. The fraction of sp³-hybridized carbons (Fsp3) is 0.125.